The molecule has 146 valence electrons. The zero-order valence-electron chi connectivity index (χ0n) is 16.1. The summed E-state index contributed by atoms with van der Waals surface area (Å²) in [6.45, 7) is 7.49. The summed E-state index contributed by atoms with van der Waals surface area (Å²) in [6, 6.07) is 3.44. The lowest BCUT2D eigenvalue weighted by atomic mass is 10.0. The highest BCUT2D eigenvalue weighted by molar-refractivity contribution is 6.32. The Balaban J connectivity index is 1.63. The Bertz CT molecular complexity index is 1180. The van der Waals surface area contributed by atoms with Crippen LogP contribution in [-0.4, -0.2) is 21.4 Å². The van der Waals surface area contributed by atoms with Crippen LogP contribution in [0.25, 0.3) is 11.0 Å². The van der Waals surface area contributed by atoms with Gasteiger partial charge in [-0.3, -0.25) is 14.5 Å². The van der Waals surface area contributed by atoms with Crippen LogP contribution in [0.2, 0.25) is 5.02 Å². The van der Waals surface area contributed by atoms with Gasteiger partial charge in [0.15, 0.2) is 5.43 Å². The predicted molar refractivity (Wildman–Crippen MR) is 109 cm³/mol. The largest absolute Gasteiger partial charge is 0.464 e. The zero-order chi connectivity index (χ0) is 20.0. The molecular weight excluding hydrogens is 378 g/mol. The van der Waals surface area contributed by atoms with Crippen LogP contribution < -0.4 is 11.0 Å². The lowest BCUT2D eigenvalue weighted by molar-refractivity contribution is 0.239. The number of fused-ring (bicyclic) bond motifs is 2. The molecule has 28 heavy (non-hydrogen) atoms. The minimum atomic E-state index is -0.0915. The average Bonchev–Trinajstić information content (AvgIpc) is 2.66. The van der Waals surface area contributed by atoms with E-state index < -0.39 is 0 Å². The second-order valence-electron chi connectivity index (χ2n) is 7.68. The monoisotopic (exact) mass is 399 g/mol. The topological polar surface area (TPSA) is 79.2 Å². The number of nitrogens with one attached hydrogen (secondary N) is 1. The Labute approximate surface area is 167 Å². The van der Waals surface area contributed by atoms with Gasteiger partial charge in [0.2, 0.25) is 0 Å². The number of hydrogen-bond donors (Lipinski definition) is 1. The van der Waals surface area contributed by atoms with Gasteiger partial charge in [0.05, 0.1) is 22.9 Å². The third-order valence-electron chi connectivity index (χ3n) is 5.23. The van der Waals surface area contributed by atoms with Crippen molar-refractivity contribution in [2.75, 3.05) is 6.54 Å². The van der Waals surface area contributed by atoms with E-state index in [1.165, 1.54) is 6.26 Å². The molecule has 0 fully saturated rings. The predicted octanol–water partition coefficient (Wildman–Crippen LogP) is 3.52. The molecule has 0 saturated carbocycles. The molecule has 0 unspecified atom stereocenters. The Hall–Kier alpha value is -2.44. The fourth-order valence-electron chi connectivity index (χ4n) is 3.55. The normalized spacial score (nSPS) is 14.6. The van der Waals surface area contributed by atoms with Crippen molar-refractivity contribution in [1.29, 1.82) is 0 Å². The quantitative estimate of drug-likeness (QED) is 0.728. The standard InChI is InChI=1S/C21H22ClN3O3/c1-11(2)20-23-17-4-5-25(9-15(17)21(27)24-20)8-13-10-28-18-6-12(3)16(22)7-14(18)19(13)26/h6-7,10-11H,4-5,8-9H2,1-3H3,(H,23,24,27). The third kappa shape index (κ3) is 3.38. The SMILES string of the molecule is Cc1cc2occ(CN3CCc4nc(C(C)C)[nH]c(=O)c4C3)c(=O)c2cc1Cl. The summed E-state index contributed by atoms with van der Waals surface area (Å²) in [6.07, 6.45) is 2.20. The van der Waals surface area contributed by atoms with Gasteiger partial charge < -0.3 is 9.40 Å². The first-order chi connectivity index (χ1) is 13.3. The summed E-state index contributed by atoms with van der Waals surface area (Å²) >= 11 is 6.18. The summed E-state index contributed by atoms with van der Waals surface area (Å²) in [4.78, 5) is 34.9. The van der Waals surface area contributed by atoms with Gasteiger partial charge in [-0.1, -0.05) is 25.4 Å². The molecule has 1 N–H and O–H groups in total. The summed E-state index contributed by atoms with van der Waals surface area (Å²) in [5, 5.41) is 1.02. The average molecular weight is 400 g/mol. The van der Waals surface area contributed by atoms with Crippen molar-refractivity contribution in [2.24, 2.45) is 0 Å². The van der Waals surface area contributed by atoms with E-state index in [4.69, 9.17) is 16.0 Å². The van der Waals surface area contributed by atoms with E-state index in [9.17, 15) is 9.59 Å². The van der Waals surface area contributed by atoms with E-state index >= 15 is 0 Å². The fraction of sp³-hybridized carbons (Fsp3) is 0.381. The second kappa shape index (κ2) is 7.18. The van der Waals surface area contributed by atoms with Crippen molar-refractivity contribution in [3.05, 3.63) is 72.2 Å². The molecule has 0 aliphatic carbocycles. The molecule has 0 amide bonds. The van der Waals surface area contributed by atoms with Crippen molar-refractivity contribution < 1.29 is 4.42 Å². The maximum Gasteiger partial charge on any atom is 0.255 e. The fourth-order valence-corrected chi connectivity index (χ4v) is 3.71. The van der Waals surface area contributed by atoms with Crippen LogP contribution >= 0.6 is 11.6 Å². The number of benzene rings is 1. The van der Waals surface area contributed by atoms with E-state index in [0.717, 1.165) is 23.6 Å². The van der Waals surface area contributed by atoms with Gasteiger partial charge in [0, 0.05) is 42.6 Å². The summed E-state index contributed by atoms with van der Waals surface area (Å²) in [7, 11) is 0. The molecule has 0 spiro atoms. The maximum atomic E-state index is 12.9. The number of H-pyrrole nitrogens is 1. The number of halogens is 1. The number of rotatable bonds is 3. The van der Waals surface area contributed by atoms with Crippen LogP contribution in [-0.2, 0) is 19.5 Å². The summed E-state index contributed by atoms with van der Waals surface area (Å²) in [5.74, 6) is 0.897. The molecule has 7 heteroatoms. The summed E-state index contributed by atoms with van der Waals surface area (Å²) in [5.41, 5.74) is 3.31. The number of nitrogens with zero attached hydrogens (tertiary/aromatic N) is 2. The molecule has 2 aromatic heterocycles. The maximum absolute atomic E-state index is 12.9. The number of aromatic nitrogens is 2. The van der Waals surface area contributed by atoms with E-state index in [-0.39, 0.29) is 16.9 Å². The van der Waals surface area contributed by atoms with E-state index in [1.54, 1.807) is 12.1 Å². The van der Waals surface area contributed by atoms with Gasteiger partial charge in [0.25, 0.3) is 5.56 Å². The van der Waals surface area contributed by atoms with Crippen LogP contribution in [0.1, 0.15) is 48.0 Å². The van der Waals surface area contributed by atoms with Crippen molar-refractivity contribution in [1.82, 2.24) is 14.9 Å². The van der Waals surface area contributed by atoms with Crippen LogP contribution in [0.4, 0.5) is 0 Å². The van der Waals surface area contributed by atoms with Gasteiger partial charge in [-0.05, 0) is 24.6 Å². The van der Waals surface area contributed by atoms with Crippen molar-refractivity contribution >= 4 is 22.6 Å². The first kappa shape index (κ1) is 18.9. The van der Waals surface area contributed by atoms with Gasteiger partial charge >= 0.3 is 0 Å². The second-order valence-corrected chi connectivity index (χ2v) is 8.09. The number of aryl methyl sites for hydroxylation is 1. The minimum Gasteiger partial charge on any atom is -0.464 e. The van der Waals surface area contributed by atoms with Gasteiger partial charge in [-0.15, -0.1) is 0 Å². The van der Waals surface area contributed by atoms with E-state index in [2.05, 4.69) is 14.9 Å². The molecule has 3 aromatic rings. The first-order valence-electron chi connectivity index (χ1n) is 9.38. The molecule has 1 aliphatic heterocycles. The molecule has 6 nitrogen and oxygen atoms in total. The highest BCUT2D eigenvalue weighted by atomic mass is 35.5. The molecule has 0 bridgehead atoms. The molecule has 0 radical (unpaired) electrons. The Morgan fingerprint density at radius 3 is 2.86 bits per heavy atom. The lowest BCUT2D eigenvalue weighted by Gasteiger charge is -2.27. The molecule has 0 atom stereocenters. The van der Waals surface area contributed by atoms with E-state index in [1.807, 2.05) is 20.8 Å². The highest BCUT2D eigenvalue weighted by Gasteiger charge is 2.23. The molecule has 3 heterocycles. The Morgan fingerprint density at radius 2 is 2.11 bits per heavy atom. The zero-order valence-corrected chi connectivity index (χ0v) is 16.9. The van der Waals surface area contributed by atoms with Crippen molar-refractivity contribution in [3.63, 3.8) is 0 Å². The third-order valence-corrected chi connectivity index (χ3v) is 5.64. The molecular formula is C21H22ClN3O3. The van der Waals surface area contributed by atoms with Crippen LogP contribution in [0.5, 0.6) is 0 Å². The van der Waals surface area contributed by atoms with Crippen LogP contribution in [0.3, 0.4) is 0 Å². The van der Waals surface area contributed by atoms with Gasteiger partial charge in [-0.2, -0.15) is 0 Å². The molecule has 1 aliphatic rings. The van der Waals surface area contributed by atoms with Crippen molar-refractivity contribution in [3.8, 4) is 0 Å². The Kier molecular flexibility index (Phi) is 4.85. The lowest BCUT2D eigenvalue weighted by Crippen LogP contribution is -2.36. The molecule has 0 saturated heterocycles. The van der Waals surface area contributed by atoms with E-state index in [0.29, 0.717) is 46.6 Å². The number of aromatic amines is 1. The van der Waals surface area contributed by atoms with Gasteiger partial charge in [-0.25, -0.2) is 4.98 Å². The minimum absolute atomic E-state index is 0.0869. The van der Waals surface area contributed by atoms with Crippen molar-refractivity contribution in [2.45, 2.75) is 46.2 Å². The Morgan fingerprint density at radius 1 is 1.32 bits per heavy atom. The molecule has 4 rings (SSSR count). The first-order valence-corrected chi connectivity index (χ1v) is 9.76. The van der Waals surface area contributed by atoms with Crippen LogP contribution in [0.15, 0.2) is 32.4 Å². The number of hydrogen-bond acceptors (Lipinski definition) is 5. The molecule has 1 aromatic carbocycles. The highest BCUT2D eigenvalue weighted by Crippen LogP contribution is 2.23. The smallest absolute Gasteiger partial charge is 0.255 e. The van der Waals surface area contributed by atoms with Crippen LogP contribution in [0, 0.1) is 6.92 Å². The van der Waals surface area contributed by atoms with Gasteiger partial charge in [0.1, 0.15) is 11.4 Å². The summed E-state index contributed by atoms with van der Waals surface area (Å²) < 4.78 is 5.67.